The van der Waals surface area contributed by atoms with E-state index in [1.54, 1.807) is 12.1 Å². The van der Waals surface area contributed by atoms with E-state index in [1.165, 1.54) is 17.7 Å². The molecule has 2 aromatic carbocycles. The summed E-state index contributed by atoms with van der Waals surface area (Å²) in [4.78, 5) is 29.0. The quantitative estimate of drug-likeness (QED) is 0.494. The summed E-state index contributed by atoms with van der Waals surface area (Å²) in [5, 5.41) is 12.2. The van der Waals surface area contributed by atoms with Gasteiger partial charge in [-0.2, -0.15) is 0 Å². The lowest BCUT2D eigenvalue weighted by Gasteiger charge is -2.28. The fourth-order valence-corrected chi connectivity index (χ4v) is 4.17. The van der Waals surface area contributed by atoms with Crippen LogP contribution in [0.3, 0.4) is 0 Å². The van der Waals surface area contributed by atoms with E-state index in [9.17, 15) is 14.9 Å². The molecule has 1 fully saturated rings. The highest BCUT2D eigenvalue weighted by atomic mass is 16.6. The largest absolute Gasteiger partial charge is 0.378 e. The summed E-state index contributed by atoms with van der Waals surface area (Å²) in [6.07, 6.45) is 3.19. The number of non-ortho nitro benzene ring substituents is 1. The average Bonchev–Trinajstić information content (AvgIpc) is 3.22. The zero-order valence-corrected chi connectivity index (χ0v) is 17.0. The molecule has 0 radical (unpaired) electrons. The van der Waals surface area contributed by atoms with E-state index in [-0.39, 0.29) is 17.5 Å². The normalized spacial score (nSPS) is 15.3. The maximum absolute atomic E-state index is 13.1. The number of aryl methyl sites for hydroxylation is 1. The Morgan fingerprint density at radius 1 is 1.20 bits per heavy atom. The number of nitrogens with one attached hydrogen (secondary N) is 1. The minimum absolute atomic E-state index is 0.0456. The summed E-state index contributed by atoms with van der Waals surface area (Å²) in [6.45, 7) is 4.42. The number of carbonyl (C=O) groups excluding carboxylic acids is 1. The van der Waals surface area contributed by atoms with Crippen LogP contribution in [0.5, 0.6) is 0 Å². The molecule has 1 amide bonds. The highest BCUT2D eigenvalue weighted by Crippen LogP contribution is 2.35. The zero-order chi connectivity index (χ0) is 21.1. The number of aromatic amines is 1. The molecule has 0 aliphatic carbocycles. The summed E-state index contributed by atoms with van der Waals surface area (Å²) in [5.74, 6) is -0.121. The van der Waals surface area contributed by atoms with E-state index >= 15 is 0 Å². The van der Waals surface area contributed by atoms with Crippen LogP contribution in [-0.4, -0.2) is 47.0 Å². The number of nitro groups is 1. The maximum Gasteiger partial charge on any atom is 0.269 e. The Labute approximate surface area is 174 Å². The number of rotatable bonds is 6. The molecule has 7 heteroatoms. The summed E-state index contributed by atoms with van der Waals surface area (Å²) < 4.78 is 5.37. The number of morpholine rings is 1. The molecule has 1 atom stereocenters. The third kappa shape index (κ3) is 3.93. The van der Waals surface area contributed by atoms with Gasteiger partial charge in [-0.3, -0.25) is 14.9 Å². The first-order valence-corrected chi connectivity index (χ1v) is 10.3. The van der Waals surface area contributed by atoms with Crippen molar-refractivity contribution in [1.29, 1.82) is 0 Å². The molecule has 0 spiro atoms. The van der Waals surface area contributed by atoms with Crippen LogP contribution in [0, 0.1) is 10.1 Å². The number of fused-ring (bicyclic) bond motifs is 1. The molecular formula is C23H25N3O4. The second-order valence-corrected chi connectivity index (χ2v) is 7.54. The van der Waals surface area contributed by atoms with E-state index < -0.39 is 4.92 Å². The van der Waals surface area contributed by atoms with E-state index in [4.69, 9.17) is 4.74 Å². The van der Waals surface area contributed by atoms with Crippen molar-refractivity contribution in [1.82, 2.24) is 9.88 Å². The molecule has 1 aromatic heterocycles. The number of ether oxygens (including phenoxy) is 1. The smallest absolute Gasteiger partial charge is 0.269 e. The topological polar surface area (TPSA) is 88.5 Å². The average molecular weight is 407 g/mol. The van der Waals surface area contributed by atoms with Crippen molar-refractivity contribution >= 4 is 22.5 Å². The van der Waals surface area contributed by atoms with Gasteiger partial charge in [-0.1, -0.05) is 37.3 Å². The Morgan fingerprint density at radius 3 is 2.60 bits per heavy atom. The van der Waals surface area contributed by atoms with Gasteiger partial charge in [0.1, 0.15) is 0 Å². The summed E-state index contributed by atoms with van der Waals surface area (Å²) in [5.41, 5.74) is 4.28. The van der Waals surface area contributed by atoms with Crippen LogP contribution in [-0.2, 0) is 16.0 Å². The predicted octanol–water partition coefficient (Wildman–Crippen LogP) is 4.02. The van der Waals surface area contributed by atoms with Crippen LogP contribution in [0.15, 0.2) is 48.7 Å². The number of hydrogen-bond acceptors (Lipinski definition) is 4. The number of nitro benzene ring substituents is 1. The lowest BCUT2D eigenvalue weighted by atomic mass is 9.87. The molecule has 30 heavy (non-hydrogen) atoms. The van der Waals surface area contributed by atoms with Crippen molar-refractivity contribution in [3.63, 3.8) is 0 Å². The maximum atomic E-state index is 13.1. The van der Waals surface area contributed by atoms with Gasteiger partial charge in [0.15, 0.2) is 0 Å². The Bertz CT molecular complexity index is 1050. The van der Waals surface area contributed by atoms with Gasteiger partial charge in [-0.15, -0.1) is 0 Å². The molecule has 1 aliphatic rings. The molecule has 0 unspecified atom stereocenters. The van der Waals surface area contributed by atoms with Crippen LogP contribution in [0.4, 0.5) is 5.69 Å². The molecule has 1 aliphatic heterocycles. The van der Waals surface area contributed by atoms with Crippen molar-refractivity contribution in [3.05, 3.63) is 75.5 Å². The first-order chi connectivity index (χ1) is 14.6. The Hall–Kier alpha value is -3.19. The number of para-hydroxylation sites is 1. The van der Waals surface area contributed by atoms with Crippen molar-refractivity contribution in [2.45, 2.75) is 25.7 Å². The standard InChI is InChI=1S/C23H25N3O4/c1-2-16-4-3-5-19-21(15-24-23(16)19)20(14-22(27)25-10-12-30-13-11-25)17-6-8-18(9-7-17)26(28)29/h3-9,15,20,24H,2,10-14H2,1H3/t20-/m0/s1. The number of H-pyrrole nitrogens is 1. The van der Waals surface area contributed by atoms with Crippen molar-refractivity contribution in [2.75, 3.05) is 26.3 Å². The third-order valence-corrected chi connectivity index (χ3v) is 5.84. The van der Waals surface area contributed by atoms with Crippen molar-refractivity contribution in [2.24, 2.45) is 0 Å². The van der Waals surface area contributed by atoms with Crippen molar-refractivity contribution < 1.29 is 14.5 Å². The second-order valence-electron chi connectivity index (χ2n) is 7.54. The lowest BCUT2D eigenvalue weighted by Crippen LogP contribution is -2.41. The second kappa shape index (κ2) is 8.67. The fraction of sp³-hybridized carbons (Fsp3) is 0.348. The van der Waals surface area contributed by atoms with Gasteiger partial charge < -0.3 is 14.6 Å². The highest BCUT2D eigenvalue weighted by Gasteiger charge is 2.26. The molecule has 156 valence electrons. The molecule has 0 bridgehead atoms. The van der Waals surface area contributed by atoms with Gasteiger partial charge in [0.2, 0.25) is 5.91 Å². The van der Waals surface area contributed by atoms with Gasteiger partial charge in [0.25, 0.3) is 5.69 Å². The molecular weight excluding hydrogens is 382 g/mol. The zero-order valence-electron chi connectivity index (χ0n) is 17.0. The van der Waals surface area contributed by atoms with Gasteiger partial charge in [0.05, 0.1) is 18.1 Å². The van der Waals surface area contributed by atoms with Crippen molar-refractivity contribution in [3.8, 4) is 0 Å². The highest BCUT2D eigenvalue weighted by molar-refractivity contribution is 5.88. The number of nitrogens with zero attached hydrogens (tertiary/aromatic N) is 2. The first kappa shape index (κ1) is 20.1. The number of amides is 1. The van der Waals surface area contributed by atoms with E-state index in [0.717, 1.165) is 28.5 Å². The number of benzene rings is 2. The lowest BCUT2D eigenvalue weighted by molar-refractivity contribution is -0.384. The molecule has 1 N–H and O–H groups in total. The minimum atomic E-state index is -0.406. The Kier molecular flexibility index (Phi) is 5.81. The Morgan fingerprint density at radius 2 is 1.93 bits per heavy atom. The molecule has 2 heterocycles. The SMILES string of the molecule is CCc1cccc2c([C@@H](CC(=O)N3CCOCC3)c3ccc([N+](=O)[O-])cc3)c[nH]c12. The minimum Gasteiger partial charge on any atom is -0.378 e. The first-order valence-electron chi connectivity index (χ1n) is 10.3. The van der Waals surface area contributed by atoms with Crippen LogP contribution in [0.2, 0.25) is 0 Å². The van der Waals surface area contributed by atoms with E-state index in [2.05, 4.69) is 24.0 Å². The molecule has 4 rings (SSSR count). The van der Waals surface area contributed by atoms with Crippen LogP contribution < -0.4 is 0 Å². The van der Waals surface area contributed by atoms with Crippen LogP contribution in [0.1, 0.15) is 36.0 Å². The van der Waals surface area contributed by atoms with Gasteiger partial charge in [-0.25, -0.2) is 0 Å². The molecule has 7 nitrogen and oxygen atoms in total. The predicted molar refractivity (Wildman–Crippen MR) is 115 cm³/mol. The fourth-order valence-electron chi connectivity index (χ4n) is 4.17. The third-order valence-electron chi connectivity index (χ3n) is 5.84. The van der Waals surface area contributed by atoms with Crippen LogP contribution >= 0.6 is 0 Å². The van der Waals surface area contributed by atoms with E-state index in [0.29, 0.717) is 32.7 Å². The van der Waals surface area contributed by atoms with E-state index in [1.807, 2.05) is 17.2 Å². The number of aromatic nitrogens is 1. The molecule has 1 saturated heterocycles. The van der Waals surface area contributed by atoms with Gasteiger partial charge in [-0.05, 0) is 23.1 Å². The van der Waals surface area contributed by atoms with Gasteiger partial charge >= 0.3 is 0 Å². The Balaban J connectivity index is 1.73. The monoisotopic (exact) mass is 407 g/mol. The molecule has 0 saturated carbocycles. The number of hydrogen-bond donors (Lipinski definition) is 1. The summed E-state index contributed by atoms with van der Waals surface area (Å²) in [6, 6.07) is 12.7. The number of carbonyl (C=O) groups is 1. The van der Waals surface area contributed by atoms with Gasteiger partial charge in [0, 0.05) is 54.7 Å². The summed E-state index contributed by atoms with van der Waals surface area (Å²) in [7, 11) is 0. The summed E-state index contributed by atoms with van der Waals surface area (Å²) >= 11 is 0. The van der Waals surface area contributed by atoms with Crippen LogP contribution in [0.25, 0.3) is 10.9 Å². The molecule has 3 aromatic rings.